The summed E-state index contributed by atoms with van der Waals surface area (Å²) in [6, 6.07) is 8.03. The van der Waals surface area contributed by atoms with Crippen LogP contribution in [0.5, 0.6) is 0 Å². The topological polar surface area (TPSA) is 49.3 Å². The van der Waals surface area contributed by atoms with Gasteiger partial charge in [-0.2, -0.15) is 0 Å². The fraction of sp³-hybridized carbons (Fsp3) is 0.588. The summed E-state index contributed by atoms with van der Waals surface area (Å²) in [5, 5.41) is 4.18. The zero-order valence-corrected chi connectivity index (χ0v) is 17.6. The maximum atomic E-state index is 6.09. The largest absolute Gasteiger partial charge is 0.376 e. The Kier molecular flexibility index (Phi) is 8.54. The zero-order valence-electron chi connectivity index (χ0n) is 14.5. The first-order valence-corrected chi connectivity index (χ1v) is 8.79. The monoisotopic (exact) mass is 480 g/mol. The summed E-state index contributed by atoms with van der Waals surface area (Å²) in [5.41, 5.74) is 1.18. The highest BCUT2D eigenvalue weighted by Crippen LogP contribution is 2.20. The summed E-state index contributed by atoms with van der Waals surface area (Å²) >= 11 is 6.09. The average Bonchev–Trinajstić information content (AvgIpc) is 2.64. The van der Waals surface area contributed by atoms with E-state index in [1.54, 1.807) is 0 Å². The van der Waals surface area contributed by atoms with Crippen LogP contribution < -0.4 is 10.2 Å². The van der Waals surface area contributed by atoms with Crippen molar-refractivity contribution in [2.75, 3.05) is 64.5 Å². The minimum atomic E-state index is 0. The third-order valence-corrected chi connectivity index (χ3v) is 4.57. The molecule has 2 heterocycles. The molecule has 0 amide bonds. The van der Waals surface area contributed by atoms with Gasteiger partial charge in [-0.3, -0.25) is 4.99 Å². The minimum Gasteiger partial charge on any atom is -0.376 e. The summed E-state index contributed by atoms with van der Waals surface area (Å²) in [7, 11) is 1.82. The quantitative estimate of drug-likeness (QED) is 0.408. The van der Waals surface area contributed by atoms with E-state index < -0.39 is 0 Å². The number of ether oxygens (including phenoxy) is 2. The van der Waals surface area contributed by atoms with Crippen molar-refractivity contribution in [2.24, 2.45) is 4.99 Å². The number of hydrogen-bond acceptors (Lipinski definition) is 4. The Morgan fingerprint density at radius 3 is 2.72 bits per heavy atom. The van der Waals surface area contributed by atoms with Crippen LogP contribution in [-0.4, -0.2) is 76.6 Å². The SMILES string of the molecule is CN=C(NCC1COCCO1)N1CCN(c2cccc(Cl)c2)CC1.I. The molecule has 140 valence electrons. The molecule has 1 atom stereocenters. The molecule has 0 spiro atoms. The van der Waals surface area contributed by atoms with Gasteiger partial charge in [0, 0.05) is 50.5 Å². The van der Waals surface area contributed by atoms with Crippen molar-refractivity contribution >= 4 is 47.2 Å². The van der Waals surface area contributed by atoms with Gasteiger partial charge in [-0.05, 0) is 18.2 Å². The van der Waals surface area contributed by atoms with Crippen molar-refractivity contribution in [2.45, 2.75) is 6.10 Å². The predicted octanol–water partition coefficient (Wildman–Crippen LogP) is 2.07. The maximum absolute atomic E-state index is 6.09. The van der Waals surface area contributed by atoms with E-state index in [2.05, 4.69) is 26.2 Å². The highest BCUT2D eigenvalue weighted by Gasteiger charge is 2.21. The number of hydrogen-bond donors (Lipinski definition) is 1. The summed E-state index contributed by atoms with van der Waals surface area (Å²) in [4.78, 5) is 9.04. The van der Waals surface area contributed by atoms with Crippen LogP contribution in [0.15, 0.2) is 29.3 Å². The van der Waals surface area contributed by atoms with E-state index in [1.807, 2.05) is 25.2 Å². The molecule has 2 aliphatic rings. The number of anilines is 1. The number of rotatable bonds is 3. The van der Waals surface area contributed by atoms with Crippen LogP contribution >= 0.6 is 35.6 Å². The van der Waals surface area contributed by atoms with E-state index in [1.165, 1.54) is 5.69 Å². The molecular formula is C17H26ClIN4O2. The second-order valence-electron chi connectivity index (χ2n) is 5.95. The summed E-state index contributed by atoms with van der Waals surface area (Å²) in [5.74, 6) is 0.926. The summed E-state index contributed by atoms with van der Waals surface area (Å²) in [6.45, 7) is 6.48. The third kappa shape index (κ3) is 5.87. The van der Waals surface area contributed by atoms with Crippen LogP contribution in [0, 0.1) is 0 Å². The van der Waals surface area contributed by atoms with Gasteiger partial charge in [0.2, 0.25) is 0 Å². The van der Waals surface area contributed by atoms with Gasteiger partial charge < -0.3 is 24.6 Å². The number of guanidine groups is 1. The Morgan fingerprint density at radius 2 is 2.08 bits per heavy atom. The Labute approximate surface area is 171 Å². The van der Waals surface area contributed by atoms with Gasteiger partial charge in [0.05, 0.1) is 25.9 Å². The predicted molar refractivity (Wildman–Crippen MR) is 113 cm³/mol. The van der Waals surface area contributed by atoms with Crippen LogP contribution in [0.1, 0.15) is 0 Å². The van der Waals surface area contributed by atoms with Gasteiger partial charge in [-0.1, -0.05) is 17.7 Å². The van der Waals surface area contributed by atoms with Gasteiger partial charge in [0.25, 0.3) is 0 Å². The molecule has 25 heavy (non-hydrogen) atoms. The Morgan fingerprint density at radius 1 is 1.28 bits per heavy atom. The molecule has 6 nitrogen and oxygen atoms in total. The van der Waals surface area contributed by atoms with E-state index in [4.69, 9.17) is 21.1 Å². The molecule has 2 fully saturated rings. The number of piperazine rings is 1. The second-order valence-corrected chi connectivity index (χ2v) is 6.39. The molecule has 0 aliphatic carbocycles. The lowest BCUT2D eigenvalue weighted by Gasteiger charge is -2.38. The Bertz CT molecular complexity index is 561. The number of nitrogens with zero attached hydrogens (tertiary/aromatic N) is 3. The minimum absolute atomic E-state index is 0. The average molecular weight is 481 g/mol. The molecule has 1 N–H and O–H groups in total. The van der Waals surface area contributed by atoms with Gasteiger partial charge in [-0.25, -0.2) is 0 Å². The van der Waals surface area contributed by atoms with Gasteiger partial charge >= 0.3 is 0 Å². The first kappa shape index (κ1) is 20.5. The van der Waals surface area contributed by atoms with Crippen LogP contribution in [0.3, 0.4) is 0 Å². The lowest BCUT2D eigenvalue weighted by atomic mass is 10.2. The molecule has 1 aromatic rings. The van der Waals surface area contributed by atoms with E-state index >= 15 is 0 Å². The van der Waals surface area contributed by atoms with Crippen molar-refractivity contribution < 1.29 is 9.47 Å². The summed E-state index contributed by atoms with van der Waals surface area (Å²) < 4.78 is 11.1. The third-order valence-electron chi connectivity index (χ3n) is 4.34. The van der Waals surface area contributed by atoms with Crippen molar-refractivity contribution in [3.05, 3.63) is 29.3 Å². The molecule has 1 aromatic carbocycles. The van der Waals surface area contributed by atoms with Gasteiger partial charge in [0.1, 0.15) is 0 Å². The molecule has 0 bridgehead atoms. The lowest BCUT2D eigenvalue weighted by molar-refractivity contribution is -0.0851. The molecule has 0 aromatic heterocycles. The van der Waals surface area contributed by atoms with Crippen LogP contribution in [-0.2, 0) is 9.47 Å². The molecular weight excluding hydrogens is 455 g/mol. The molecule has 1 unspecified atom stereocenters. The van der Waals surface area contributed by atoms with Crippen molar-refractivity contribution in [1.82, 2.24) is 10.2 Å². The first-order chi connectivity index (χ1) is 11.8. The maximum Gasteiger partial charge on any atom is 0.193 e. The standard InChI is InChI=1S/C17H25ClN4O2.HI/c1-19-17(20-12-16-13-23-9-10-24-16)22-7-5-21(6-8-22)15-4-2-3-14(18)11-15;/h2-4,11,16H,5-10,12-13H2,1H3,(H,19,20);1H. The molecule has 3 rings (SSSR count). The Balaban J connectivity index is 0.00000225. The number of halogens is 2. The molecule has 2 aliphatic heterocycles. The molecule has 8 heteroatoms. The molecule has 0 saturated carbocycles. The number of nitrogens with one attached hydrogen (secondary N) is 1. The van der Waals surface area contributed by atoms with E-state index in [0.717, 1.165) is 43.7 Å². The molecule has 2 saturated heterocycles. The van der Waals surface area contributed by atoms with Gasteiger partial charge in [0.15, 0.2) is 5.96 Å². The number of benzene rings is 1. The first-order valence-electron chi connectivity index (χ1n) is 8.42. The van der Waals surface area contributed by atoms with Crippen LogP contribution in [0.4, 0.5) is 5.69 Å². The highest BCUT2D eigenvalue weighted by atomic mass is 127. The van der Waals surface area contributed by atoms with Crippen molar-refractivity contribution in [3.8, 4) is 0 Å². The Hall–Kier alpha value is -0.770. The lowest BCUT2D eigenvalue weighted by Crippen LogP contribution is -2.54. The van der Waals surface area contributed by atoms with E-state index in [9.17, 15) is 0 Å². The molecule has 0 radical (unpaired) electrons. The number of aliphatic imine (C=N–C) groups is 1. The zero-order chi connectivity index (χ0) is 16.8. The fourth-order valence-electron chi connectivity index (χ4n) is 3.04. The fourth-order valence-corrected chi connectivity index (χ4v) is 3.23. The van der Waals surface area contributed by atoms with Gasteiger partial charge in [-0.15, -0.1) is 24.0 Å². The summed E-state index contributed by atoms with van der Waals surface area (Å²) in [6.07, 6.45) is 0.100. The smallest absolute Gasteiger partial charge is 0.193 e. The second kappa shape index (κ2) is 10.4. The van der Waals surface area contributed by atoms with Crippen LogP contribution in [0.25, 0.3) is 0 Å². The van der Waals surface area contributed by atoms with E-state index in [0.29, 0.717) is 19.8 Å². The highest BCUT2D eigenvalue weighted by molar-refractivity contribution is 14.0. The van der Waals surface area contributed by atoms with Crippen molar-refractivity contribution in [3.63, 3.8) is 0 Å². The van der Waals surface area contributed by atoms with Crippen molar-refractivity contribution in [1.29, 1.82) is 0 Å². The normalized spacial score (nSPS) is 21.7. The van der Waals surface area contributed by atoms with E-state index in [-0.39, 0.29) is 30.1 Å². The van der Waals surface area contributed by atoms with Crippen LogP contribution in [0.2, 0.25) is 5.02 Å².